The summed E-state index contributed by atoms with van der Waals surface area (Å²) in [6.45, 7) is 6.49. The highest BCUT2D eigenvalue weighted by Gasteiger charge is 2.35. The van der Waals surface area contributed by atoms with Gasteiger partial charge in [-0.3, -0.25) is 4.79 Å². The number of hydrogen-bond acceptors (Lipinski definition) is 2. The van der Waals surface area contributed by atoms with Gasteiger partial charge in [-0.15, -0.1) is 0 Å². The normalized spacial score (nSPS) is 17.3. The second kappa shape index (κ2) is 5.03. The number of amides is 2. The number of carbonyl (C=O) groups is 2. The Morgan fingerprint density at radius 1 is 1.21 bits per heavy atom. The maximum atomic E-state index is 12.2. The van der Waals surface area contributed by atoms with E-state index < -0.39 is 0 Å². The van der Waals surface area contributed by atoms with Gasteiger partial charge in [0.1, 0.15) is 0 Å². The molecule has 2 amide bonds. The van der Waals surface area contributed by atoms with Crippen LogP contribution >= 0.6 is 0 Å². The first-order valence-corrected chi connectivity index (χ1v) is 6.60. The molecule has 1 N–H and O–H groups in total. The number of nitrogens with zero attached hydrogens (tertiary/aromatic N) is 1. The van der Waals surface area contributed by atoms with Gasteiger partial charge in [0.25, 0.3) is 0 Å². The van der Waals surface area contributed by atoms with Gasteiger partial charge in [-0.2, -0.15) is 0 Å². The molecule has 102 valence electrons. The Kier molecular flexibility index (Phi) is 3.60. The quantitative estimate of drug-likeness (QED) is 0.829. The molecule has 0 unspecified atom stereocenters. The number of urea groups is 1. The summed E-state index contributed by atoms with van der Waals surface area (Å²) in [4.78, 5) is 25.2. The fraction of sp³-hybridized carbons (Fsp3) is 0.467. The number of hydrogen-bond donors (Lipinski definition) is 1. The van der Waals surface area contributed by atoms with Crippen molar-refractivity contribution in [3.8, 4) is 0 Å². The maximum absolute atomic E-state index is 12.2. The van der Waals surface area contributed by atoms with Crippen molar-refractivity contribution in [2.45, 2.75) is 39.2 Å². The van der Waals surface area contributed by atoms with Crippen LogP contribution in [-0.2, 0) is 0 Å². The van der Waals surface area contributed by atoms with Crippen LogP contribution in [0.25, 0.3) is 0 Å². The van der Waals surface area contributed by atoms with E-state index in [1.54, 1.807) is 24.3 Å². The number of carbonyl (C=O) groups excluding carboxylic acids is 2. The number of ketones is 1. The number of nitrogens with one attached hydrogen (secondary N) is 1. The van der Waals surface area contributed by atoms with Gasteiger partial charge in [-0.1, -0.05) is 0 Å². The van der Waals surface area contributed by atoms with Crippen molar-refractivity contribution in [1.29, 1.82) is 0 Å². The number of likely N-dealkylation sites (tertiary alicyclic amines) is 1. The van der Waals surface area contributed by atoms with Gasteiger partial charge in [0.2, 0.25) is 0 Å². The van der Waals surface area contributed by atoms with E-state index in [9.17, 15) is 9.59 Å². The van der Waals surface area contributed by atoms with Crippen LogP contribution in [0.3, 0.4) is 0 Å². The Balaban J connectivity index is 2.05. The zero-order chi connectivity index (χ0) is 14.0. The van der Waals surface area contributed by atoms with Gasteiger partial charge in [0.05, 0.1) is 0 Å². The fourth-order valence-electron chi connectivity index (χ4n) is 2.46. The molecule has 0 radical (unpaired) electrons. The molecule has 19 heavy (non-hydrogen) atoms. The van der Waals surface area contributed by atoms with Crippen LogP contribution in [0.1, 0.15) is 44.0 Å². The predicted octanol–water partition coefficient (Wildman–Crippen LogP) is 3.30. The summed E-state index contributed by atoms with van der Waals surface area (Å²) in [5, 5.41) is 2.88. The average molecular weight is 260 g/mol. The van der Waals surface area contributed by atoms with E-state index in [-0.39, 0.29) is 17.4 Å². The Hall–Kier alpha value is -1.84. The van der Waals surface area contributed by atoms with E-state index in [0.717, 1.165) is 25.1 Å². The highest BCUT2D eigenvalue weighted by Crippen LogP contribution is 2.28. The fourth-order valence-corrected chi connectivity index (χ4v) is 2.46. The van der Waals surface area contributed by atoms with Gasteiger partial charge >= 0.3 is 6.03 Å². The van der Waals surface area contributed by atoms with Crippen molar-refractivity contribution in [2.24, 2.45) is 0 Å². The summed E-state index contributed by atoms with van der Waals surface area (Å²) in [6.07, 6.45) is 2.08. The van der Waals surface area contributed by atoms with Crippen LogP contribution in [-0.4, -0.2) is 28.8 Å². The van der Waals surface area contributed by atoms with E-state index >= 15 is 0 Å². The topological polar surface area (TPSA) is 49.4 Å². The second-order valence-electron chi connectivity index (χ2n) is 5.63. The molecular formula is C15H20N2O2. The van der Waals surface area contributed by atoms with Gasteiger partial charge < -0.3 is 10.2 Å². The third-order valence-corrected chi connectivity index (χ3v) is 3.69. The molecule has 0 bridgehead atoms. The molecule has 1 heterocycles. The average Bonchev–Trinajstić information content (AvgIpc) is 2.69. The summed E-state index contributed by atoms with van der Waals surface area (Å²) >= 11 is 0. The van der Waals surface area contributed by atoms with Gasteiger partial charge in [-0.05, 0) is 57.9 Å². The lowest BCUT2D eigenvalue weighted by atomic mass is 10.0. The third-order valence-electron chi connectivity index (χ3n) is 3.69. The van der Waals surface area contributed by atoms with Crippen molar-refractivity contribution in [3.05, 3.63) is 29.8 Å². The number of benzene rings is 1. The Morgan fingerprint density at radius 2 is 1.84 bits per heavy atom. The van der Waals surface area contributed by atoms with E-state index in [1.807, 2.05) is 4.90 Å². The molecule has 1 aromatic rings. The molecular weight excluding hydrogens is 240 g/mol. The molecule has 0 aromatic heterocycles. The molecule has 1 fully saturated rings. The van der Waals surface area contributed by atoms with E-state index in [0.29, 0.717) is 5.56 Å². The summed E-state index contributed by atoms with van der Waals surface area (Å²) in [6, 6.07) is 6.91. The standard InChI is InChI=1S/C15H20N2O2/c1-11(18)12-5-7-13(8-6-12)16-14(19)17-10-4-9-15(17,2)3/h5-8H,4,9-10H2,1-3H3,(H,16,19). The minimum absolute atomic E-state index is 0.0264. The lowest BCUT2D eigenvalue weighted by Crippen LogP contribution is -2.44. The van der Waals surface area contributed by atoms with Crippen molar-refractivity contribution in [1.82, 2.24) is 4.90 Å². The first-order valence-electron chi connectivity index (χ1n) is 6.60. The van der Waals surface area contributed by atoms with Crippen LogP contribution in [0.5, 0.6) is 0 Å². The monoisotopic (exact) mass is 260 g/mol. The van der Waals surface area contributed by atoms with Crippen molar-refractivity contribution < 1.29 is 9.59 Å². The lowest BCUT2D eigenvalue weighted by Gasteiger charge is -2.31. The SMILES string of the molecule is CC(=O)c1ccc(NC(=O)N2CCCC2(C)C)cc1. The van der Waals surface area contributed by atoms with Crippen molar-refractivity contribution >= 4 is 17.5 Å². The molecule has 4 heteroatoms. The van der Waals surface area contributed by atoms with Crippen LogP contribution in [0, 0.1) is 0 Å². The third kappa shape index (κ3) is 2.95. The molecule has 0 saturated carbocycles. The largest absolute Gasteiger partial charge is 0.322 e. The smallest absolute Gasteiger partial charge is 0.319 e. The van der Waals surface area contributed by atoms with Gasteiger partial charge in [0.15, 0.2) is 5.78 Å². The summed E-state index contributed by atoms with van der Waals surface area (Å²) in [5.41, 5.74) is 1.29. The second-order valence-corrected chi connectivity index (χ2v) is 5.63. The molecule has 0 aliphatic carbocycles. The number of rotatable bonds is 2. The molecule has 1 saturated heterocycles. The van der Waals surface area contributed by atoms with E-state index in [2.05, 4.69) is 19.2 Å². The van der Waals surface area contributed by atoms with E-state index in [1.165, 1.54) is 6.92 Å². The Labute approximate surface area is 113 Å². The molecule has 1 aliphatic heterocycles. The first-order chi connectivity index (χ1) is 8.90. The van der Waals surface area contributed by atoms with E-state index in [4.69, 9.17) is 0 Å². The minimum atomic E-state index is -0.0800. The summed E-state index contributed by atoms with van der Waals surface area (Å²) in [5.74, 6) is 0.0264. The molecule has 2 rings (SSSR count). The van der Waals surface area contributed by atoms with Crippen LogP contribution in [0.15, 0.2) is 24.3 Å². The number of anilines is 1. The van der Waals surface area contributed by atoms with Crippen LogP contribution in [0.2, 0.25) is 0 Å². The molecule has 0 spiro atoms. The summed E-state index contributed by atoms with van der Waals surface area (Å²) < 4.78 is 0. The van der Waals surface area contributed by atoms with Gasteiger partial charge in [-0.25, -0.2) is 4.79 Å². The van der Waals surface area contributed by atoms with Crippen molar-refractivity contribution in [2.75, 3.05) is 11.9 Å². The van der Waals surface area contributed by atoms with Crippen LogP contribution < -0.4 is 5.32 Å². The molecule has 0 atom stereocenters. The zero-order valence-corrected chi connectivity index (χ0v) is 11.7. The minimum Gasteiger partial charge on any atom is -0.319 e. The van der Waals surface area contributed by atoms with Crippen LogP contribution in [0.4, 0.5) is 10.5 Å². The first kappa shape index (κ1) is 13.6. The highest BCUT2D eigenvalue weighted by molar-refractivity contribution is 5.95. The van der Waals surface area contributed by atoms with Crippen molar-refractivity contribution in [3.63, 3.8) is 0 Å². The molecule has 1 aliphatic rings. The maximum Gasteiger partial charge on any atom is 0.322 e. The zero-order valence-electron chi connectivity index (χ0n) is 11.7. The highest BCUT2D eigenvalue weighted by atomic mass is 16.2. The Morgan fingerprint density at radius 3 is 2.32 bits per heavy atom. The predicted molar refractivity (Wildman–Crippen MR) is 75.5 cm³/mol. The molecule has 4 nitrogen and oxygen atoms in total. The number of Topliss-reactive ketones (excluding diaryl/α,β-unsaturated/α-hetero) is 1. The molecule has 1 aromatic carbocycles. The lowest BCUT2D eigenvalue weighted by molar-refractivity contribution is 0.101. The van der Waals surface area contributed by atoms with Gasteiger partial charge in [0, 0.05) is 23.3 Å². The Bertz CT molecular complexity index is 491. The summed E-state index contributed by atoms with van der Waals surface area (Å²) in [7, 11) is 0.